The minimum Gasteiger partial charge on any atom is -0.478 e. The van der Waals surface area contributed by atoms with Gasteiger partial charge >= 0.3 is 12.1 Å². The third-order valence-corrected chi connectivity index (χ3v) is 3.00. The van der Waals surface area contributed by atoms with Crippen LogP contribution in [-0.2, 0) is 6.18 Å². The van der Waals surface area contributed by atoms with Crippen LogP contribution in [0.25, 0.3) is 11.1 Å². The second-order valence-electron chi connectivity index (χ2n) is 4.38. The SMILES string of the molecule is Cc1cccc(C(=O)O)c1-c1ccc(C(F)(F)F)cc1.Cl. The molecule has 1 N–H and O–H groups in total. The molecule has 21 heavy (non-hydrogen) atoms. The molecule has 2 nitrogen and oxygen atoms in total. The Hall–Kier alpha value is -2.01. The number of hydrogen-bond donors (Lipinski definition) is 1. The lowest BCUT2D eigenvalue weighted by atomic mass is 9.94. The Morgan fingerprint density at radius 1 is 1.05 bits per heavy atom. The standard InChI is InChI=1S/C15H11F3O2.ClH/c1-9-3-2-4-12(14(19)20)13(9)10-5-7-11(8-6-10)15(16,17)18;/h2-8H,1H3,(H,19,20);1H. The molecule has 0 aliphatic carbocycles. The summed E-state index contributed by atoms with van der Waals surface area (Å²) in [6, 6.07) is 9.24. The van der Waals surface area contributed by atoms with Gasteiger partial charge in [0.1, 0.15) is 0 Å². The second-order valence-corrected chi connectivity index (χ2v) is 4.38. The van der Waals surface area contributed by atoms with Crippen LogP contribution in [0, 0.1) is 6.92 Å². The molecule has 112 valence electrons. The Morgan fingerprint density at radius 2 is 1.62 bits per heavy atom. The Labute approximate surface area is 125 Å². The average Bonchev–Trinajstić information content (AvgIpc) is 2.37. The summed E-state index contributed by atoms with van der Waals surface area (Å²) in [7, 11) is 0. The van der Waals surface area contributed by atoms with Crippen molar-refractivity contribution in [1.29, 1.82) is 0 Å². The lowest BCUT2D eigenvalue weighted by Gasteiger charge is -2.12. The van der Waals surface area contributed by atoms with Gasteiger partial charge < -0.3 is 5.11 Å². The first-order valence-corrected chi connectivity index (χ1v) is 5.81. The van der Waals surface area contributed by atoms with Crippen molar-refractivity contribution in [1.82, 2.24) is 0 Å². The van der Waals surface area contributed by atoms with Crippen molar-refractivity contribution < 1.29 is 23.1 Å². The molecular formula is C15H12ClF3O2. The third-order valence-electron chi connectivity index (χ3n) is 3.00. The van der Waals surface area contributed by atoms with Gasteiger partial charge in [-0.3, -0.25) is 0 Å². The number of rotatable bonds is 2. The topological polar surface area (TPSA) is 37.3 Å². The number of aromatic carboxylic acids is 1. The molecule has 0 amide bonds. The van der Waals surface area contributed by atoms with Gasteiger partial charge in [0.15, 0.2) is 0 Å². The fourth-order valence-electron chi connectivity index (χ4n) is 2.06. The lowest BCUT2D eigenvalue weighted by Crippen LogP contribution is -2.05. The molecule has 0 unspecified atom stereocenters. The summed E-state index contributed by atoms with van der Waals surface area (Å²) in [5.74, 6) is -1.11. The molecule has 0 heterocycles. The summed E-state index contributed by atoms with van der Waals surface area (Å²) >= 11 is 0. The minimum atomic E-state index is -4.40. The van der Waals surface area contributed by atoms with E-state index in [1.165, 1.54) is 18.2 Å². The van der Waals surface area contributed by atoms with Gasteiger partial charge in [0.25, 0.3) is 0 Å². The fraction of sp³-hybridized carbons (Fsp3) is 0.133. The Balaban J connectivity index is 0.00000220. The largest absolute Gasteiger partial charge is 0.478 e. The lowest BCUT2D eigenvalue weighted by molar-refractivity contribution is -0.137. The van der Waals surface area contributed by atoms with E-state index in [0.717, 1.165) is 12.1 Å². The van der Waals surface area contributed by atoms with Gasteiger partial charge in [-0.1, -0.05) is 24.3 Å². The third kappa shape index (κ3) is 3.55. The molecule has 0 aromatic heterocycles. The summed E-state index contributed by atoms with van der Waals surface area (Å²) in [5.41, 5.74) is 0.906. The smallest absolute Gasteiger partial charge is 0.416 e. The van der Waals surface area contributed by atoms with E-state index in [-0.39, 0.29) is 18.0 Å². The second kappa shape index (κ2) is 6.18. The maximum Gasteiger partial charge on any atom is 0.416 e. The highest BCUT2D eigenvalue weighted by Gasteiger charge is 2.30. The van der Waals surface area contributed by atoms with Crippen LogP contribution in [0.4, 0.5) is 13.2 Å². The maximum absolute atomic E-state index is 12.5. The molecule has 2 aromatic rings. The van der Waals surface area contributed by atoms with Crippen LogP contribution >= 0.6 is 12.4 Å². The van der Waals surface area contributed by atoms with E-state index in [4.69, 9.17) is 5.11 Å². The highest BCUT2D eigenvalue weighted by Crippen LogP contribution is 2.33. The summed E-state index contributed by atoms with van der Waals surface area (Å²) in [6.07, 6.45) is -4.40. The van der Waals surface area contributed by atoms with Gasteiger partial charge in [-0.25, -0.2) is 4.79 Å². The van der Waals surface area contributed by atoms with Crippen LogP contribution < -0.4 is 0 Å². The quantitative estimate of drug-likeness (QED) is 0.864. The molecule has 0 saturated heterocycles. The first-order chi connectivity index (χ1) is 9.30. The molecule has 0 spiro atoms. The van der Waals surface area contributed by atoms with Gasteiger partial charge in [0.05, 0.1) is 11.1 Å². The average molecular weight is 317 g/mol. The van der Waals surface area contributed by atoms with Crippen LogP contribution in [-0.4, -0.2) is 11.1 Å². The molecule has 0 saturated carbocycles. The van der Waals surface area contributed by atoms with Crippen LogP contribution in [0.15, 0.2) is 42.5 Å². The van der Waals surface area contributed by atoms with Gasteiger partial charge in [-0.15, -0.1) is 12.4 Å². The predicted molar refractivity (Wildman–Crippen MR) is 75.8 cm³/mol. The predicted octanol–water partition coefficient (Wildman–Crippen LogP) is 4.80. The number of halogens is 4. The van der Waals surface area contributed by atoms with Crippen molar-refractivity contribution in [3.05, 3.63) is 59.2 Å². The molecule has 6 heteroatoms. The summed E-state index contributed by atoms with van der Waals surface area (Å²) in [4.78, 5) is 11.2. The molecule has 0 fully saturated rings. The first kappa shape index (κ1) is 17.0. The zero-order valence-corrected chi connectivity index (χ0v) is 11.8. The molecule has 0 bridgehead atoms. The van der Waals surface area contributed by atoms with Gasteiger partial charge in [0.2, 0.25) is 0 Å². The highest BCUT2D eigenvalue weighted by molar-refractivity contribution is 5.97. The summed E-state index contributed by atoms with van der Waals surface area (Å²) < 4.78 is 37.5. The summed E-state index contributed by atoms with van der Waals surface area (Å²) in [5, 5.41) is 9.16. The van der Waals surface area contributed by atoms with Crippen molar-refractivity contribution in [2.75, 3.05) is 0 Å². The van der Waals surface area contributed by atoms with Gasteiger partial charge in [0, 0.05) is 0 Å². The van der Waals surface area contributed by atoms with Crippen LogP contribution in [0.3, 0.4) is 0 Å². The Kier molecular flexibility index (Phi) is 5.01. The number of hydrogen-bond acceptors (Lipinski definition) is 1. The van der Waals surface area contributed by atoms with E-state index in [0.29, 0.717) is 16.7 Å². The van der Waals surface area contributed by atoms with Crippen molar-refractivity contribution in [3.63, 3.8) is 0 Å². The fourth-order valence-corrected chi connectivity index (χ4v) is 2.06. The molecule has 0 aliphatic rings. The van der Waals surface area contributed by atoms with E-state index < -0.39 is 17.7 Å². The van der Waals surface area contributed by atoms with E-state index in [1.54, 1.807) is 19.1 Å². The van der Waals surface area contributed by atoms with E-state index >= 15 is 0 Å². The van der Waals surface area contributed by atoms with Gasteiger partial charge in [-0.2, -0.15) is 13.2 Å². The molecule has 0 aliphatic heterocycles. The van der Waals surface area contributed by atoms with Crippen molar-refractivity contribution in [3.8, 4) is 11.1 Å². The highest BCUT2D eigenvalue weighted by atomic mass is 35.5. The number of carbonyl (C=O) groups is 1. The Bertz CT molecular complexity index is 649. The monoisotopic (exact) mass is 316 g/mol. The number of benzene rings is 2. The zero-order chi connectivity index (χ0) is 14.9. The molecule has 2 rings (SSSR count). The summed E-state index contributed by atoms with van der Waals surface area (Å²) in [6.45, 7) is 1.72. The molecule has 0 radical (unpaired) electrons. The van der Waals surface area contributed by atoms with Crippen molar-refractivity contribution in [2.24, 2.45) is 0 Å². The number of alkyl halides is 3. The minimum absolute atomic E-state index is 0. The van der Waals surface area contributed by atoms with Crippen molar-refractivity contribution in [2.45, 2.75) is 13.1 Å². The molecular weight excluding hydrogens is 305 g/mol. The van der Waals surface area contributed by atoms with Crippen LogP contribution in [0.5, 0.6) is 0 Å². The Morgan fingerprint density at radius 3 is 2.10 bits per heavy atom. The van der Waals surface area contributed by atoms with E-state index in [2.05, 4.69) is 0 Å². The number of carboxylic acid groups (broad SMARTS) is 1. The van der Waals surface area contributed by atoms with E-state index in [1.807, 2.05) is 0 Å². The van der Waals surface area contributed by atoms with Gasteiger partial charge in [-0.05, 0) is 41.8 Å². The maximum atomic E-state index is 12.5. The first-order valence-electron chi connectivity index (χ1n) is 5.81. The number of carboxylic acids is 1. The van der Waals surface area contributed by atoms with E-state index in [9.17, 15) is 18.0 Å². The zero-order valence-electron chi connectivity index (χ0n) is 10.9. The molecule has 2 aromatic carbocycles. The van der Waals surface area contributed by atoms with Crippen LogP contribution in [0.1, 0.15) is 21.5 Å². The normalized spacial score (nSPS) is 10.9. The van der Waals surface area contributed by atoms with Crippen LogP contribution in [0.2, 0.25) is 0 Å². The van der Waals surface area contributed by atoms with Crippen molar-refractivity contribution >= 4 is 18.4 Å². The molecule has 0 atom stereocenters. The number of aryl methyl sites for hydroxylation is 1.